The number of carbonyl (C=O) groups excluding carboxylic acids is 1. The molecule has 1 aliphatic heterocycles. The van der Waals surface area contributed by atoms with Crippen LogP contribution in [0.15, 0.2) is 30.3 Å². The van der Waals surface area contributed by atoms with Crippen LogP contribution in [0.4, 0.5) is 0 Å². The number of benzene rings is 1. The molecule has 1 aliphatic rings. The fraction of sp³-hybridized carbons (Fsp3) is 0.611. The van der Waals surface area contributed by atoms with Crippen molar-refractivity contribution < 1.29 is 13.2 Å². The third kappa shape index (κ3) is 5.05. The van der Waals surface area contributed by atoms with Crippen LogP contribution < -0.4 is 5.32 Å². The Bertz CT molecular complexity index is 631. The van der Waals surface area contributed by atoms with Crippen molar-refractivity contribution in [3.05, 3.63) is 35.9 Å². The Morgan fingerprint density at radius 1 is 1.33 bits per heavy atom. The van der Waals surface area contributed by atoms with E-state index in [0.29, 0.717) is 26.1 Å². The maximum Gasteiger partial charge on any atom is 0.224 e. The molecule has 1 fully saturated rings. The van der Waals surface area contributed by atoms with Crippen LogP contribution in [0.5, 0.6) is 0 Å². The highest BCUT2D eigenvalue weighted by atomic mass is 32.2. The average molecular weight is 353 g/mol. The van der Waals surface area contributed by atoms with E-state index in [4.69, 9.17) is 0 Å². The Morgan fingerprint density at radius 3 is 2.71 bits per heavy atom. The molecule has 24 heavy (non-hydrogen) atoms. The highest BCUT2D eigenvalue weighted by Crippen LogP contribution is 2.20. The summed E-state index contributed by atoms with van der Waals surface area (Å²) in [5, 5.41) is 2.99. The lowest BCUT2D eigenvalue weighted by Crippen LogP contribution is -2.46. The predicted octanol–water partition coefficient (Wildman–Crippen LogP) is 2.36. The molecule has 0 radical (unpaired) electrons. The van der Waals surface area contributed by atoms with Crippen molar-refractivity contribution in [1.82, 2.24) is 9.62 Å². The topological polar surface area (TPSA) is 66.5 Å². The van der Waals surface area contributed by atoms with Crippen LogP contribution in [-0.2, 0) is 14.8 Å². The number of amides is 1. The average Bonchev–Trinajstić information content (AvgIpc) is 2.60. The predicted molar refractivity (Wildman–Crippen MR) is 96.2 cm³/mol. The molecule has 0 bridgehead atoms. The summed E-state index contributed by atoms with van der Waals surface area (Å²) in [6.45, 7) is 5.35. The van der Waals surface area contributed by atoms with E-state index in [1.165, 1.54) is 9.87 Å². The second-order valence-corrected chi connectivity index (χ2v) is 8.66. The first-order chi connectivity index (χ1) is 11.4. The lowest BCUT2D eigenvalue weighted by Gasteiger charge is -2.31. The van der Waals surface area contributed by atoms with Gasteiger partial charge in [-0.15, -0.1) is 0 Å². The van der Waals surface area contributed by atoms with Crippen molar-refractivity contribution in [2.45, 2.75) is 39.0 Å². The summed E-state index contributed by atoms with van der Waals surface area (Å²) in [5.41, 5.74) is 1.19. The van der Waals surface area contributed by atoms with Crippen LogP contribution in [0.3, 0.4) is 0 Å². The summed E-state index contributed by atoms with van der Waals surface area (Å²) in [6, 6.07) is 10.1. The maximum atomic E-state index is 12.4. The molecular formula is C18H28N2O3S. The van der Waals surface area contributed by atoms with E-state index in [9.17, 15) is 13.2 Å². The summed E-state index contributed by atoms with van der Waals surface area (Å²) in [4.78, 5) is 12.4. The van der Waals surface area contributed by atoms with E-state index < -0.39 is 10.0 Å². The number of rotatable bonds is 7. The molecule has 0 unspecified atom stereocenters. The molecule has 0 saturated carbocycles. The molecule has 5 nitrogen and oxygen atoms in total. The summed E-state index contributed by atoms with van der Waals surface area (Å²) in [5.74, 6) is 0.119. The van der Waals surface area contributed by atoms with Gasteiger partial charge in [-0.1, -0.05) is 44.2 Å². The summed E-state index contributed by atoms with van der Waals surface area (Å²) >= 11 is 0. The highest BCUT2D eigenvalue weighted by molar-refractivity contribution is 7.89. The molecule has 1 aromatic carbocycles. The van der Waals surface area contributed by atoms with Gasteiger partial charge < -0.3 is 5.32 Å². The fourth-order valence-corrected chi connectivity index (χ4v) is 4.68. The van der Waals surface area contributed by atoms with Gasteiger partial charge in [0.05, 0.1) is 11.7 Å². The van der Waals surface area contributed by atoms with E-state index in [0.717, 1.165) is 12.8 Å². The summed E-state index contributed by atoms with van der Waals surface area (Å²) in [6.07, 6.45) is 2.10. The molecule has 1 aromatic rings. The molecule has 0 aromatic heterocycles. The minimum atomic E-state index is -3.22. The summed E-state index contributed by atoms with van der Waals surface area (Å²) < 4.78 is 25.9. The van der Waals surface area contributed by atoms with Crippen molar-refractivity contribution in [1.29, 1.82) is 0 Å². The molecule has 1 saturated heterocycles. The quantitative estimate of drug-likeness (QED) is 0.819. The minimum Gasteiger partial charge on any atom is -0.355 e. The Kier molecular flexibility index (Phi) is 6.80. The van der Waals surface area contributed by atoms with E-state index in [-0.39, 0.29) is 23.5 Å². The van der Waals surface area contributed by atoms with Crippen LogP contribution in [0.25, 0.3) is 0 Å². The van der Waals surface area contributed by atoms with Gasteiger partial charge >= 0.3 is 0 Å². The van der Waals surface area contributed by atoms with Crippen molar-refractivity contribution in [2.75, 3.05) is 25.4 Å². The van der Waals surface area contributed by atoms with Gasteiger partial charge in [0.2, 0.25) is 15.9 Å². The highest BCUT2D eigenvalue weighted by Gasteiger charge is 2.31. The second-order valence-electron chi connectivity index (χ2n) is 6.57. The molecule has 134 valence electrons. The monoisotopic (exact) mass is 352 g/mol. The number of nitrogens with zero attached hydrogens (tertiary/aromatic N) is 1. The van der Waals surface area contributed by atoms with E-state index >= 15 is 0 Å². The van der Waals surface area contributed by atoms with Crippen LogP contribution >= 0.6 is 0 Å². The molecule has 0 aliphatic carbocycles. The van der Waals surface area contributed by atoms with Gasteiger partial charge in [0.15, 0.2) is 0 Å². The van der Waals surface area contributed by atoms with Crippen LogP contribution in [0, 0.1) is 5.92 Å². The van der Waals surface area contributed by atoms with Gasteiger partial charge in [-0.05, 0) is 30.7 Å². The number of hydrogen-bond acceptors (Lipinski definition) is 3. The van der Waals surface area contributed by atoms with Gasteiger partial charge in [-0.2, -0.15) is 0 Å². The molecule has 1 heterocycles. The van der Waals surface area contributed by atoms with Crippen LogP contribution in [-0.4, -0.2) is 44.0 Å². The summed E-state index contributed by atoms with van der Waals surface area (Å²) in [7, 11) is -3.22. The molecule has 1 amide bonds. The van der Waals surface area contributed by atoms with Gasteiger partial charge in [0.1, 0.15) is 0 Å². The maximum absolute atomic E-state index is 12.4. The number of hydrogen-bond donors (Lipinski definition) is 1. The number of piperidine rings is 1. The van der Waals surface area contributed by atoms with Gasteiger partial charge in [0.25, 0.3) is 0 Å². The molecule has 2 rings (SSSR count). The third-order valence-corrected chi connectivity index (χ3v) is 6.60. The van der Waals surface area contributed by atoms with E-state index in [1.807, 2.05) is 25.1 Å². The first-order valence-corrected chi connectivity index (χ1v) is 10.4. The molecule has 0 spiro atoms. The van der Waals surface area contributed by atoms with E-state index in [2.05, 4.69) is 24.4 Å². The fourth-order valence-electron chi connectivity index (χ4n) is 3.09. The van der Waals surface area contributed by atoms with Crippen LogP contribution in [0.2, 0.25) is 0 Å². The van der Waals surface area contributed by atoms with Crippen molar-refractivity contribution >= 4 is 15.9 Å². The Morgan fingerprint density at radius 2 is 2.04 bits per heavy atom. The third-order valence-electron chi connectivity index (χ3n) is 4.56. The smallest absolute Gasteiger partial charge is 0.224 e. The Labute approximate surface area is 145 Å². The zero-order valence-corrected chi connectivity index (χ0v) is 15.4. The zero-order valence-electron chi connectivity index (χ0n) is 14.6. The van der Waals surface area contributed by atoms with Gasteiger partial charge in [-0.25, -0.2) is 12.7 Å². The Balaban J connectivity index is 1.88. The normalized spacial score (nSPS) is 20.5. The lowest BCUT2D eigenvalue weighted by atomic mass is 9.97. The first-order valence-electron chi connectivity index (χ1n) is 8.74. The van der Waals surface area contributed by atoms with E-state index in [1.54, 1.807) is 0 Å². The molecule has 1 N–H and O–H groups in total. The molecule has 2 atom stereocenters. The molecule has 6 heteroatoms. The SMILES string of the molecule is CCCS(=O)(=O)N1CCC[C@H](C(=O)NC[C@@H](C)c2ccccc2)C1. The Hall–Kier alpha value is -1.40. The van der Waals surface area contributed by atoms with Crippen molar-refractivity contribution in [2.24, 2.45) is 5.92 Å². The number of carbonyl (C=O) groups is 1. The lowest BCUT2D eigenvalue weighted by molar-refractivity contribution is -0.126. The largest absolute Gasteiger partial charge is 0.355 e. The number of sulfonamides is 1. The number of nitrogens with one attached hydrogen (secondary N) is 1. The van der Waals surface area contributed by atoms with Crippen molar-refractivity contribution in [3.63, 3.8) is 0 Å². The molecular weight excluding hydrogens is 324 g/mol. The van der Waals surface area contributed by atoms with Crippen molar-refractivity contribution in [3.8, 4) is 0 Å². The van der Waals surface area contributed by atoms with Gasteiger partial charge in [-0.3, -0.25) is 4.79 Å². The van der Waals surface area contributed by atoms with Gasteiger partial charge in [0, 0.05) is 19.6 Å². The zero-order chi connectivity index (χ0) is 17.6. The standard InChI is InChI=1S/C18H28N2O3S/c1-3-12-24(22,23)20-11-7-10-17(14-20)18(21)19-13-15(2)16-8-5-4-6-9-16/h4-6,8-9,15,17H,3,7,10-14H2,1-2H3,(H,19,21)/t15-,17+/m1/s1. The van der Waals surface area contributed by atoms with Crippen LogP contribution in [0.1, 0.15) is 44.6 Å². The second kappa shape index (κ2) is 8.62. The minimum absolute atomic E-state index is 0.0332. The first kappa shape index (κ1) is 18.9.